The molecule has 1 saturated carbocycles. The zero-order chi connectivity index (χ0) is 27.9. The van der Waals surface area contributed by atoms with E-state index < -0.39 is 6.04 Å². The number of amides is 2. The van der Waals surface area contributed by atoms with Gasteiger partial charge in [-0.2, -0.15) is 0 Å². The Morgan fingerprint density at radius 1 is 1.02 bits per heavy atom. The molecule has 0 spiro atoms. The second kappa shape index (κ2) is 13.1. The molecule has 2 aliphatic rings. The lowest BCUT2D eigenvalue weighted by Crippen LogP contribution is -2.50. The normalized spacial score (nSPS) is 19.3. The minimum atomic E-state index is -0.563. The van der Waals surface area contributed by atoms with Crippen molar-refractivity contribution in [3.05, 3.63) is 103 Å². The van der Waals surface area contributed by atoms with E-state index >= 15 is 0 Å². The molecule has 6 nitrogen and oxygen atoms in total. The lowest BCUT2D eigenvalue weighted by atomic mass is 10.1. The number of rotatable bonds is 12. The molecule has 1 aromatic heterocycles. The molecule has 1 N–H and O–H groups in total. The molecule has 1 aliphatic carbocycles. The van der Waals surface area contributed by atoms with Crippen LogP contribution in [0.3, 0.4) is 0 Å². The van der Waals surface area contributed by atoms with Crippen LogP contribution in [0.2, 0.25) is 0 Å². The summed E-state index contributed by atoms with van der Waals surface area (Å²) < 4.78 is 15.4. The van der Waals surface area contributed by atoms with Crippen molar-refractivity contribution in [2.24, 2.45) is 0 Å². The predicted molar refractivity (Wildman–Crippen MR) is 156 cm³/mol. The SMILES string of the molecule is C=CCN(CCC[C@H](NC(=O)c1ccc(-n2cccc2)cc1)C(=O)N1CCCCC1)[C@@H]1C[C@H]1c1ccc(F)cc1. The van der Waals surface area contributed by atoms with Gasteiger partial charge in [-0.15, -0.1) is 6.58 Å². The Kier molecular flexibility index (Phi) is 9.12. The Labute approximate surface area is 236 Å². The molecule has 0 unspecified atom stereocenters. The molecule has 0 radical (unpaired) electrons. The summed E-state index contributed by atoms with van der Waals surface area (Å²) in [4.78, 5) is 31.1. The average molecular weight is 543 g/mol. The molecule has 2 heterocycles. The Bertz CT molecular complexity index is 1270. The van der Waals surface area contributed by atoms with Crippen LogP contribution in [0, 0.1) is 5.82 Å². The Balaban J connectivity index is 1.22. The standard InChI is InChI=1S/C33H39FN4O2/c1-2-18-37(31-24-29(31)25-10-14-27(34)15-11-25)23-8-9-30(33(40)38-21-4-3-5-22-38)35-32(39)26-12-16-28(17-13-26)36-19-6-7-20-36/h2,6-7,10-17,19-20,29-31H,1,3-5,8-9,18,21-24H2,(H,35,39)/t29-,30-,31+/m0/s1. The molecule has 2 fully saturated rings. The molecule has 3 aromatic rings. The van der Waals surface area contributed by atoms with E-state index in [9.17, 15) is 14.0 Å². The number of hydrogen-bond donors (Lipinski definition) is 1. The van der Waals surface area contributed by atoms with E-state index in [2.05, 4.69) is 16.8 Å². The largest absolute Gasteiger partial charge is 0.341 e. The third-order valence-electron chi connectivity index (χ3n) is 8.13. The van der Waals surface area contributed by atoms with Crippen molar-refractivity contribution in [3.63, 3.8) is 0 Å². The molecule has 2 amide bonds. The summed E-state index contributed by atoms with van der Waals surface area (Å²) in [6.45, 7) is 7.00. The summed E-state index contributed by atoms with van der Waals surface area (Å²) >= 11 is 0. The molecular weight excluding hydrogens is 503 g/mol. The van der Waals surface area contributed by atoms with Crippen LogP contribution < -0.4 is 5.32 Å². The molecule has 1 aliphatic heterocycles. The topological polar surface area (TPSA) is 57.6 Å². The summed E-state index contributed by atoms with van der Waals surface area (Å²) in [5, 5.41) is 3.06. The highest BCUT2D eigenvalue weighted by Gasteiger charge is 2.42. The number of halogens is 1. The molecule has 3 atom stereocenters. The van der Waals surface area contributed by atoms with Crippen LogP contribution in [0.1, 0.15) is 60.4 Å². The third kappa shape index (κ3) is 6.89. The van der Waals surface area contributed by atoms with Crippen LogP contribution in [0.5, 0.6) is 0 Å². The molecule has 0 bridgehead atoms. The summed E-state index contributed by atoms with van der Waals surface area (Å²) in [7, 11) is 0. The first-order chi connectivity index (χ1) is 19.5. The van der Waals surface area contributed by atoms with Gasteiger partial charge in [-0.25, -0.2) is 4.39 Å². The number of piperidine rings is 1. The van der Waals surface area contributed by atoms with E-state index in [0.717, 1.165) is 69.5 Å². The van der Waals surface area contributed by atoms with Crippen LogP contribution >= 0.6 is 0 Å². The van der Waals surface area contributed by atoms with E-state index in [-0.39, 0.29) is 17.6 Å². The van der Waals surface area contributed by atoms with Crippen molar-refractivity contribution in [2.75, 3.05) is 26.2 Å². The minimum absolute atomic E-state index is 0.0166. The van der Waals surface area contributed by atoms with Gasteiger partial charge in [0.25, 0.3) is 5.91 Å². The fourth-order valence-corrected chi connectivity index (χ4v) is 5.84. The van der Waals surface area contributed by atoms with E-state index in [4.69, 9.17) is 0 Å². The summed E-state index contributed by atoms with van der Waals surface area (Å²) in [5.74, 6) is -0.0356. The number of aromatic nitrogens is 1. The van der Waals surface area contributed by atoms with Crippen LogP contribution in [0.4, 0.5) is 4.39 Å². The Morgan fingerprint density at radius 2 is 1.73 bits per heavy atom. The highest BCUT2D eigenvalue weighted by Crippen LogP contribution is 2.44. The maximum Gasteiger partial charge on any atom is 0.251 e. The predicted octanol–water partition coefficient (Wildman–Crippen LogP) is 5.55. The summed E-state index contributed by atoms with van der Waals surface area (Å²) in [5.41, 5.74) is 2.68. The van der Waals surface area contributed by atoms with E-state index in [1.807, 2.05) is 76.5 Å². The van der Waals surface area contributed by atoms with Crippen molar-refractivity contribution in [1.29, 1.82) is 0 Å². The minimum Gasteiger partial charge on any atom is -0.341 e. The lowest BCUT2D eigenvalue weighted by Gasteiger charge is -2.31. The number of carbonyl (C=O) groups is 2. The Morgan fingerprint density at radius 3 is 2.40 bits per heavy atom. The van der Waals surface area contributed by atoms with Gasteiger partial charge in [0.05, 0.1) is 0 Å². The van der Waals surface area contributed by atoms with Gasteiger partial charge in [0.2, 0.25) is 5.91 Å². The highest BCUT2D eigenvalue weighted by atomic mass is 19.1. The quantitative estimate of drug-likeness (QED) is 0.305. The molecule has 1 saturated heterocycles. The maximum absolute atomic E-state index is 13.5. The monoisotopic (exact) mass is 542 g/mol. The first-order valence-corrected chi connectivity index (χ1v) is 14.5. The van der Waals surface area contributed by atoms with Crippen molar-refractivity contribution in [1.82, 2.24) is 19.7 Å². The van der Waals surface area contributed by atoms with Gasteiger partial charge in [0.15, 0.2) is 0 Å². The molecular formula is C33H39FN4O2. The van der Waals surface area contributed by atoms with Crippen LogP contribution in [0.15, 0.2) is 85.7 Å². The number of hydrogen-bond acceptors (Lipinski definition) is 3. The van der Waals surface area contributed by atoms with Gasteiger partial charge in [0, 0.05) is 55.2 Å². The molecule has 2 aromatic carbocycles. The van der Waals surface area contributed by atoms with Crippen LogP contribution in [-0.2, 0) is 4.79 Å². The fraction of sp³-hybridized carbons (Fsp3) is 0.394. The molecule has 7 heteroatoms. The molecule has 210 valence electrons. The number of likely N-dealkylation sites (tertiary alicyclic amines) is 1. The maximum atomic E-state index is 13.5. The number of nitrogens with zero attached hydrogens (tertiary/aromatic N) is 3. The van der Waals surface area contributed by atoms with Crippen molar-refractivity contribution in [2.45, 2.75) is 56.5 Å². The van der Waals surface area contributed by atoms with Gasteiger partial charge >= 0.3 is 0 Å². The second-order valence-corrected chi connectivity index (χ2v) is 10.9. The fourth-order valence-electron chi connectivity index (χ4n) is 5.84. The van der Waals surface area contributed by atoms with Crippen LogP contribution in [-0.4, -0.2) is 64.4 Å². The first kappa shape index (κ1) is 27.8. The number of nitrogens with one attached hydrogen (secondary N) is 1. The van der Waals surface area contributed by atoms with Gasteiger partial charge in [0.1, 0.15) is 11.9 Å². The van der Waals surface area contributed by atoms with E-state index in [1.54, 1.807) is 0 Å². The van der Waals surface area contributed by atoms with Gasteiger partial charge in [-0.3, -0.25) is 14.5 Å². The molecule has 5 rings (SSSR count). The Hall–Kier alpha value is -3.71. The number of benzene rings is 2. The van der Waals surface area contributed by atoms with Crippen LogP contribution in [0.25, 0.3) is 5.69 Å². The van der Waals surface area contributed by atoms with Crippen molar-refractivity contribution in [3.8, 4) is 5.69 Å². The molecule has 40 heavy (non-hydrogen) atoms. The van der Waals surface area contributed by atoms with Gasteiger partial charge in [-0.05, 0) is 99.2 Å². The summed E-state index contributed by atoms with van der Waals surface area (Å²) in [6, 6.07) is 18.0. The van der Waals surface area contributed by atoms with E-state index in [0.29, 0.717) is 23.9 Å². The van der Waals surface area contributed by atoms with Crippen molar-refractivity contribution < 1.29 is 14.0 Å². The lowest BCUT2D eigenvalue weighted by molar-refractivity contribution is -0.134. The summed E-state index contributed by atoms with van der Waals surface area (Å²) in [6.07, 6.45) is 11.4. The van der Waals surface area contributed by atoms with Gasteiger partial charge < -0.3 is 14.8 Å². The zero-order valence-electron chi connectivity index (χ0n) is 23.1. The van der Waals surface area contributed by atoms with Gasteiger partial charge in [-0.1, -0.05) is 18.2 Å². The second-order valence-electron chi connectivity index (χ2n) is 10.9. The third-order valence-corrected chi connectivity index (χ3v) is 8.13. The smallest absolute Gasteiger partial charge is 0.251 e. The van der Waals surface area contributed by atoms with Crippen molar-refractivity contribution >= 4 is 11.8 Å². The highest BCUT2D eigenvalue weighted by molar-refractivity contribution is 5.97. The number of carbonyl (C=O) groups excluding carboxylic acids is 2. The average Bonchev–Trinajstić information content (AvgIpc) is 3.59. The zero-order valence-corrected chi connectivity index (χ0v) is 23.1. The van der Waals surface area contributed by atoms with E-state index in [1.165, 1.54) is 12.1 Å². The first-order valence-electron chi connectivity index (χ1n) is 14.5.